The molecule has 2 aromatic carbocycles. The predicted octanol–water partition coefficient (Wildman–Crippen LogP) is 5.01. The van der Waals surface area contributed by atoms with Crippen LogP contribution in [0.3, 0.4) is 0 Å². The molecule has 0 aliphatic heterocycles. The van der Waals surface area contributed by atoms with E-state index in [-0.39, 0.29) is 19.5 Å². The summed E-state index contributed by atoms with van der Waals surface area (Å²) in [6.45, 7) is 1.80. The van der Waals surface area contributed by atoms with E-state index in [2.05, 4.69) is 4.98 Å². The molecule has 12 heteroatoms. The molecular weight excluding hydrogens is 525 g/mol. The summed E-state index contributed by atoms with van der Waals surface area (Å²) in [5.74, 6) is -1.66. The van der Waals surface area contributed by atoms with Crippen LogP contribution >= 0.6 is 22.9 Å². The lowest BCUT2D eigenvalue weighted by Crippen LogP contribution is -2.23. The maximum atomic E-state index is 13.9. The van der Waals surface area contributed by atoms with Crippen LogP contribution in [0.15, 0.2) is 63.9 Å². The molecule has 0 atom stereocenters. The Morgan fingerprint density at radius 2 is 1.86 bits per heavy atom. The Balaban J connectivity index is 1.68. The standard InChI is InChI=1S/C23H16ClF3N2O4S2/c1-13-2-4-16-18(8-13)28-12-29(22(16)31)19-5-3-14(10-17(19)23(25,26)27)9-15(30)11-35(32,33)21-7-6-20(24)34-21/h2-8,10,12H,9,11H2,1H3. The van der Waals surface area contributed by atoms with Crippen molar-refractivity contribution in [3.63, 3.8) is 0 Å². The first kappa shape index (κ1) is 25.1. The smallest absolute Gasteiger partial charge is 0.298 e. The van der Waals surface area contributed by atoms with Gasteiger partial charge in [-0.2, -0.15) is 13.2 Å². The second kappa shape index (κ2) is 9.21. The molecular formula is C23H16ClF3N2O4S2. The Bertz CT molecular complexity index is 1630. The maximum absolute atomic E-state index is 13.9. The molecule has 4 aromatic rings. The van der Waals surface area contributed by atoms with E-state index in [4.69, 9.17) is 11.6 Å². The molecule has 0 spiro atoms. The molecule has 0 bridgehead atoms. The lowest BCUT2D eigenvalue weighted by molar-refractivity contribution is -0.137. The van der Waals surface area contributed by atoms with Crippen molar-refractivity contribution in [1.29, 1.82) is 0 Å². The van der Waals surface area contributed by atoms with Crippen molar-refractivity contribution in [3.05, 3.63) is 86.2 Å². The van der Waals surface area contributed by atoms with E-state index in [1.807, 2.05) is 0 Å². The number of hydrogen-bond donors (Lipinski definition) is 0. The summed E-state index contributed by atoms with van der Waals surface area (Å²) in [6.07, 6.45) is -4.36. The lowest BCUT2D eigenvalue weighted by atomic mass is 10.0. The summed E-state index contributed by atoms with van der Waals surface area (Å²) in [5, 5.41) is 0.157. The molecule has 0 aliphatic carbocycles. The van der Waals surface area contributed by atoms with E-state index in [1.54, 1.807) is 19.1 Å². The number of Topliss-reactive ketones (excluding diaryl/α,β-unsaturated/α-hetero) is 1. The number of aryl methyl sites for hydroxylation is 1. The fraction of sp³-hybridized carbons (Fsp3) is 0.174. The molecule has 0 saturated heterocycles. The van der Waals surface area contributed by atoms with Crippen LogP contribution in [0.1, 0.15) is 16.7 Å². The minimum Gasteiger partial charge on any atom is -0.298 e. The van der Waals surface area contributed by atoms with Crippen LogP contribution in [-0.2, 0) is 27.2 Å². The quantitative estimate of drug-likeness (QED) is 0.343. The molecule has 0 fully saturated rings. The summed E-state index contributed by atoms with van der Waals surface area (Å²) >= 11 is 6.53. The van der Waals surface area contributed by atoms with E-state index >= 15 is 0 Å². The maximum Gasteiger partial charge on any atom is 0.418 e. The second-order valence-electron chi connectivity index (χ2n) is 7.82. The third-order valence-electron chi connectivity index (χ3n) is 5.15. The monoisotopic (exact) mass is 540 g/mol. The Labute approximate surface area is 206 Å². The first-order valence-corrected chi connectivity index (χ1v) is 12.9. The summed E-state index contributed by atoms with van der Waals surface area (Å²) in [7, 11) is -3.97. The van der Waals surface area contributed by atoms with Gasteiger partial charge in [0.2, 0.25) is 0 Å². The molecule has 0 aliphatic rings. The van der Waals surface area contributed by atoms with Crippen LogP contribution in [0.25, 0.3) is 16.6 Å². The number of aromatic nitrogens is 2. The molecule has 0 radical (unpaired) electrons. The van der Waals surface area contributed by atoms with E-state index in [0.29, 0.717) is 5.52 Å². The van der Waals surface area contributed by atoms with E-state index in [1.165, 1.54) is 24.3 Å². The number of hydrogen-bond acceptors (Lipinski definition) is 6. The number of halogens is 4. The minimum atomic E-state index is -4.85. The van der Waals surface area contributed by atoms with Gasteiger partial charge in [0.05, 0.1) is 26.5 Å². The van der Waals surface area contributed by atoms with Gasteiger partial charge in [-0.3, -0.25) is 14.2 Å². The lowest BCUT2D eigenvalue weighted by Gasteiger charge is -2.16. The molecule has 2 heterocycles. The van der Waals surface area contributed by atoms with Gasteiger partial charge in [-0.15, -0.1) is 11.3 Å². The van der Waals surface area contributed by atoms with Crippen LogP contribution < -0.4 is 5.56 Å². The molecule has 182 valence electrons. The van der Waals surface area contributed by atoms with E-state index in [0.717, 1.165) is 39.9 Å². The van der Waals surface area contributed by atoms with Crippen molar-refractivity contribution in [2.24, 2.45) is 0 Å². The summed E-state index contributed by atoms with van der Waals surface area (Å²) < 4.78 is 67.5. The highest BCUT2D eigenvalue weighted by Gasteiger charge is 2.35. The third-order valence-corrected chi connectivity index (χ3v) is 8.64. The van der Waals surface area contributed by atoms with Crippen LogP contribution in [0.5, 0.6) is 0 Å². The van der Waals surface area contributed by atoms with Crippen molar-refractivity contribution in [3.8, 4) is 5.69 Å². The van der Waals surface area contributed by atoms with Crippen molar-refractivity contribution in [2.45, 2.75) is 23.7 Å². The molecule has 4 rings (SSSR count). The van der Waals surface area contributed by atoms with Gasteiger partial charge in [-0.1, -0.05) is 23.7 Å². The van der Waals surface area contributed by atoms with Crippen molar-refractivity contribution in [2.75, 3.05) is 5.75 Å². The molecule has 0 saturated carbocycles. The molecule has 0 N–H and O–H groups in total. The first-order chi connectivity index (χ1) is 16.3. The summed E-state index contributed by atoms with van der Waals surface area (Å²) in [4.78, 5) is 29.4. The second-order valence-corrected chi connectivity index (χ2v) is 11.8. The summed E-state index contributed by atoms with van der Waals surface area (Å²) in [6, 6.07) is 10.5. The number of thiophene rings is 1. The molecule has 0 amide bonds. The van der Waals surface area contributed by atoms with Gasteiger partial charge in [-0.25, -0.2) is 13.4 Å². The fourth-order valence-corrected chi connectivity index (χ4v) is 6.37. The highest BCUT2D eigenvalue weighted by molar-refractivity contribution is 7.94. The van der Waals surface area contributed by atoms with Gasteiger partial charge in [0.1, 0.15) is 16.3 Å². The van der Waals surface area contributed by atoms with Gasteiger partial charge >= 0.3 is 6.18 Å². The van der Waals surface area contributed by atoms with Gasteiger partial charge in [0, 0.05) is 6.42 Å². The fourth-order valence-electron chi connectivity index (χ4n) is 3.56. The topological polar surface area (TPSA) is 86.1 Å². The SMILES string of the molecule is Cc1ccc2c(=O)n(-c3ccc(CC(=O)CS(=O)(=O)c4ccc(Cl)s4)cc3C(F)(F)F)cnc2c1. The average Bonchev–Trinajstić information content (AvgIpc) is 3.20. The first-order valence-electron chi connectivity index (χ1n) is 10.0. The Morgan fingerprint density at radius 3 is 2.51 bits per heavy atom. The van der Waals surface area contributed by atoms with Crippen molar-refractivity contribution < 1.29 is 26.4 Å². The van der Waals surface area contributed by atoms with Gasteiger partial charge in [0.15, 0.2) is 15.6 Å². The number of sulfone groups is 1. The molecule has 0 unspecified atom stereocenters. The van der Waals surface area contributed by atoms with Gasteiger partial charge in [-0.05, 0) is 54.4 Å². The number of ketones is 1. The number of benzene rings is 2. The van der Waals surface area contributed by atoms with Crippen molar-refractivity contribution in [1.82, 2.24) is 9.55 Å². The zero-order valence-corrected chi connectivity index (χ0v) is 20.4. The highest BCUT2D eigenvalue weighted by atomic mass is 35.5. The molecule has 6 nitrogen and oxygen atoms in total. The summed E-state index contributed by atoms with van der Waals surface area (Å²) in [5.41, 5.74) is -1.11. The molecule has 35 heavy (non-hydrogen) atoms. The highest BCUT2D eigenvalue weighted by Crippen LogP contribution is 2.34. The van der Waals surface area contributed by atoms with E-state index in [9.17, 15) is 31.2 Å². The largest absolute Gasteiger partial charge is 0.418 e. The normalized spacial score (nSPS) is 12.3. The van der Waals surface area contributed by atoms with Gasteiger partial charge in [0.25, 0.3) is 5.56 Å². The molecule has 2 aromatic heterocycles. The number of fused-ring (bicyclic) bond motifs is 1. The van der Waals surface area contributed by atoms with Crippen LogP contribution in [-0.4, -0.2) is 29.5 Å². The van der Waals surface area contributed by atoms with Crippen molar-refractivity contribution >= 4 is 49.5 Å². The van der Waals surface area contributed by atoms with Crippen LogP contribution in [0.4, 0.5) is 13.2 Å². The number of carbonyl (C=O) groups excluding carboxylic acids is 1. The van der Waals surface area contributed by atoms with Crippen LogP contribution in [0.2, 0.25) is 4.34 Å². The number of alkyl halides is 3. The Morgan fingerprint density at radius 1 is 1.11 bits per heavy atom. The number of rotatable bonds is 6. The van der Waals surface area contributed by atoms with E-state index < -0.39 is 50.8 Å². The van der Waals surface area contributed by atoms with Gasteiger partial charge < -0.3 is 0 Å². The average molecular weight is 541 g/mol. The predicted molar refractivity (Wildman–Crippen MR) is 127 cm³/mol. The van der Waals surface area contributed by atoms with Crippen LogP contribution in [0, 0.1) is 6.92 Å². The zero-order chi connectivity index (χ0) is 25.5. The third kappa shape index (κ3) is 5.31. The Hall–Kier alpha value is -3.02. The number of carbonyl (C=O) groups is 1. The number of nitrogens with zero attached hydrogens (tertiary/aromatic N) is 2. The zero-order valence-electron chi connectivity index (χ0n) is 18.0. The minimum absolute atomic E-state index is 0.0390. The Kier molecular flexibility index (Phi) is 6.60.